The van der Waals surface area contributed by atoms with Gasteiger partial charge in [-0.2, -0.15) is 5.26 Å². The third-order valence-corrected chi connectivity index (χ3v) is 3.64. The van der Waals surface area contributed by atoms with E-state index in [0.717, 1.165) is 15.8 Å². The summed E-state index contributed by atoms with van der Waals surface area (Å²) in [6, 6.07) is 17.5. The van der Waals surface area contributed by atoms with E-state index in [9.17, 15) is 4.79 Å². The number of nitriles is 1. The monoisotopic (exact) mass is 342 g/mol. The fourth-order valence-corrected chi connectivity index (χ4v) is 2.53. The average Bonchev–Trinajstić information content (AvgIpc) is 2.48. The third kappa shape index (κ3) is 3.71. The van der Waals surface area contributed by atoms with Crippen LogP contribution in [0.3, 0.4) is 0 Å². The molecule has 0 aliphatic rings. The summed E-state index contributed by atoms with van der Waals surface area (Å²) in [6.07, 6.45) is 0.388. The fraction of sp³-hybridized carbons (Fsp3) is 0.176. The Kier molecular flexibility index (Phi) is 5.13. The van der Waals surface area contributed by atoms with Gasteiger partial charge in [0.2, 0.25) is 0 Å². The lowest BCUT2D eigenvalue weighted by molar-refractivity contribution is 0.101. The van der Waals surface area contributed by atoms with Crippen molar-refractivity contribution in [3.8, 4) is 6.07 Å². The number of carbonyl (C=O) groups excluding carboxylic acids is 1. The molecule has 2 rings (SSSR count). The van der Waals surface area contributed by atoms with Crippen LogP contribution in [0.1, 0.15) is 23.7 Å². The maximum Gasteiger partial charge on any atom is 0.161 e. The van der Waals surface area contributed by atoms with Crippen molar-refractivity contribution in [1.82, 2.24) is 0 Å². The molecule has 0 bridgehead atoms. The van der Waals surface area contributed by atoms with Crippen molar-refractivity contribution in [2.45, 2.75) is 13.3 Å². The number of ketones is 1. The zero-order chi connectivity index (χ0) is 15.2. The number of rotatable bonds is 5. The highest BCUT2D eigenvalue weighted by Crippen LogP contribution is 2.31. The number of hydrogen-bond acceptors (Lipinski definition) is 3. The van der Waals surface area contributed by atoms with Crippen molar-refractivity contribution >= 4 is 33.1 Å². The van der Waals surface area contributed by atoms with Crippen LogP contribution in [0.5, 0.6) is 0 Å². The number of benzene rings is 2. The van der Waals surface area contributed by atoms with Crippen molar-refractivity contribution in [2.24, 2.45) is 0 Å². The van der Waals surface area contributed by atoms with Crippen LogP contribution in [0.2, 0.25) is 0 Å². The Morgan fingerprint density at radius 3 is 2.57 bits per heavy atom. The number of anilines is 2. The smallest absolute Gasteiger partial charge is 0.161 e. The zero-order valence-electron chi connectivity index (χ0n) is 11.7. The average molecular weight is 343 g/mol. The van der Waals surface area contributed by atoms with E-state index in [2.05, 4.69) is 22.0 Å². The first-order valence-corrected chi connectivity index (χ1v) is 7.43. The van der Waals surface area contributed by atoms with Gasteiger partial charge in [0.15, 0.2) is 5.78 Å². The summed E-state index contributed by atoms with van der Waals surface area (Å²) in [7, 11) is 0. The summed E-state index contributed by atoms with van der Waals surface area (Å²) >= 11 is 3.45. The molecule has 2 aromatic carbocycles. The number of hydrogen-bond donors (Lipinski definition) is 0. The van der Waals surface area contributed by atoms with Gasteiger partial charge in [-0.05, 0) is 37.3 Å². The van der Waals surface area contributed by atoms with Crippen molar-refractivity contribution in [3.63, 3.8) is 0 Å². The van der Waals surface area contributed by atoms with Crippen LogP contribution in [-0.2, 0) is 0 Å². The molecule has 3 nitrogen and oxygen atoms in total. The molecule has 0 heterocycles. The Morgan fingerprint density at radius 2 is 1.95 bits per heavy atom. The first-order valence-electron chi connectivity index (χ1n) is 6.63. The van der Waals surface area contributed by atoms with Gasteiger partial charge in [0.25, 0.3) is 0 Å². The summed E-state index contributed by atoms with van der Waals surface area (Å²) in [5.74, 6) is 0.00962. The normalized spacial score (nSPS) is 9.95. The molecule has 0 unspecified atom stereocenters. The van der Waals surface area contributed by atoms with Gasteiger partial charge in [-0.1, -0.05) is 34.1 Å². The predicted octanol–water partition coefficient (Wildman–Crippen LogP) is 4.70. The fourth-order valence-electron chi connectivity index (χ4n) is 2.18. The zero-order valence-corrected chi connectivity index (χ0v) is 13.3. The SMILES string of the molecule is CC(=O)c1ccc(Br)cc1N(CCC#N)c1ccccc1. The van der Waals surface area contributed by atoms with Crippen LogP contribution in [0.15, 0.2) is 53.0 Å². The maximum atomic E-state index is 11.9. The molecule has 0 atom stereocenters. The Labute approximate surface area is 132 Å². The van der Waals surface area contributed by atoms with Crippen LogP contribution in [0, 0.1) is 11.3 Å². The molecule has 0 radical (unpaired) electrons. The molecular weight excluding hydrogens is 328 g/mol. The Balaban J connectivity index is 2.53. The molecule has 106 valence electrons. The minimum absolute atomic E-state index is 0.00962. The maximum absolute atomic E-state index is 11.9. The molecular formula is C17H15BrN2O. The largest absolute Gasteiger partial charge is 0.340 e. The lowest BCUT2D eigenvalue weighted by atomic mass is 10.1. The summed E-state index contributed by atoms with van der Waals surface area (Å²) < 4.78 is 0.903. The summed E-state index contributed by atoms with van der Waals surface area (Å²) in [5, 5.41) is 8.89. The van der Waals surface area contributed by atoms with Crippen LogP contribution in [-0.4, -0.2) is 12.3 Å². The highest BCUT2D eigenvalue weighted by Gasteiger charge is 2.16. The molecule has 0 N–H and O–H groups in total. The summed E-state index contributed by atoms with van der Waals surface area (Å²) in [5.41, 5.74) is 2.44. The number of halogens is 1. The molecule has 0 saturated heterocycles. The van der Waals surface area contributed by atoms with Crippen LogP contribution in [0.25, 0.3) is 0 Å². The van der Waals surface area contributed by atoms with Crippen molar-refractivity contribution in [2.75, 3.05) is 11.4 Å². The van der Waals surface area contributed by atoms with Gasteiger partial charge >= 0.3 is 0 Å². The van der Waals surface area contributed by atoms with Crippen molar-refractivity contribution in [3.05, 3.63) is 58.6 Å². The quantitative estimate of drug-likeness (QED) is 0.739. The Morgan fingerprint density at radius 1 is 1.24 bits per heavy atom. The molecule has 0 aliphatic carbocycles. The molecule has 0 fully saturated rings. The molecule has 4 heteroatoms. The summed E-state index contributed by atoms with van der Waals surface area (Å²) in [4.78, 5) is 13.9. The van der Waals surface area contributed by atoms with E-state index in [1.54, 1.807) is 6.92 Å². The molecule has 0 spiro atoms. The van der Waals surface area contributed by atoms with Gasteiger partial charge in [0.05, 0.1) is 18.2 Å². The number of carbonyl (C=O) groups is 1. The minimum atomic E-state index is 0.00962. The van der Waals surface area contributed by atoms with Crippen LogP contribution in [0.4, 0.5) is 11.4 Å². The molecule has 0 aliphatic heterocycles. The van der Waals surface area contributed by atoms with Gasteiger partial charge < -0.3 is 4.90 Å². The minimum Gasteiger partial charge on any atom is -0.340 e. The van der Waals surface area contributed by atoms with Crippen molar-refractivity contribution in [1.29, 1.82) is 5.26 Å². The topological polar surface area (TPSA) is 44.1 Å². The van der Waals surface area contributed by atoms with Gasteiger partial charge in [-0.15, -0.1) is 0 Å². The Hall–Kier alpha value is -2.12. The van der Waals surface area contributed by atoms with E-state index in [1.165, 1.54) is 0 Å². The van der Waals surface area contributed by atoms with E-state index >= 15 is 0 Å². The molecule has 21 heavy (non-hydrogen) atoms. The van der Waals surface area contributed by atoms with Crippen LogP contribution >= 0.6 is 15.9 Å². The Bertz CT molecular complexity index is 677. The van der Waals surface area contributed by atoms with Crippen LogP contribution < -0.4 is 4.90 Å². The molecule has 0 saturated carbocycles. The second-order valence-electron chi connectivity index (χ2n) is 4.61. The molecule has 0 aromatic heterocycles. The van der Waals surface area contributed by atoms with E-state index < -0.39 is 0 Å². The molecule has 0 amide bonds. The first-order chi connectivity index (χ1) is 10.1. The number of para-hydroxylation sites is 1. The second kappa shape index (κ2) is 7.05. The number of Topliss-reactive ketones (excluding diaryl/α,β-unsaturated/α-hetero) is 1. The first kappa shape index (κ1) is 15.3. The van der Waals surface area contributed by atoms with E-state index in [-0.39, 0.29) is 5.78 Å². The highest BCUT2D eigenvalue weighted by atomic mass is 79.9. The van der Waals surface area contributed by atoms with Gasteiger partial charge in [-0.3, -0.25) is 4.79 Å². The van der Waals surface area contributed by atoms with Crippen molar-refractivity contribution < 1.29 is 4.79 Å². The van der Waals surface area contributed by atoms with Gasteiger partial charge in [0.1, 0.15) is 0 Å². The van der Waals surface area contributed by atoms with Gasteiger partial charge in [0, 0.05) is 22.3 Å². The molecule has 2 aromatic rings. The summed E-state index contributed by atoms with van der Waals surface area (Å²) in [6.45, 7) is 2.09. The lowest BCUT2D eigenvalue weighted by Gasteiger charge is -2.26. The van der Waals surface area contributed by atoms with Gasteiger partial charge in [-0.25, -0.2) is 0 Å². The highest BCUT2D eigenvalue weighted by molar-refractivity contribution is 9.10. The lowest BCUT2D eigenvalue weighted by Crippen LogP contribution is -2.20. The third-order valence-electron chi connectivity index (χ3n) is 3.14. The number of nitrogens with zero attached hydrogens (tertiary/aromatic N) is 2. The predicted molar refractivity (Wildman–Crippen MR) is 87.8 cm³/mol. The second-order valence-corrected chi connectivity index (χ2v) is 5.53. The van der Waals surface area contributed by atoms with E-state index in [0.29, 0.717) is 18.5 Å². The standard InChI is InChI=1S/C17H15BrN2O/c1-13(21)16-9-8-14(18)12-17(16)20(11-5-10-19)15-6-3-2-4-7-15/h2-4,6-9,12H,5,11H2,1H3. The van der Waals surface area contributed by atoms with E-state index in [1.807, 2.05) is 53.4 Å². The van der Waals surface area contributed by atoms with E-state index in [4.69, 9.17) is 5.26 Å².